The summed E-state index contributed by atoms with van der Waals surface area (Å²) in [5, 5.41) is -1.03. The van der Waals surface area contributed by atoms with E-state index in [2.05, 4.69) is 4.98 Å². The molecule has 1 aromatic rings. The van der Waals surface area contributed by atoms with Gasteiger partial charge in [-0.3, -0.25) is 14.1 Å². The van der Waals surface area contributed by atoms with Crippen LogP contribution in [0.25, 0.3) is 0 Å². The van der Waals surface area contributed by atoms with Gasteiger partial charge < -0.3 is 19.6 Å². The fraction of sp³-hybridized carbons (Fsp3) is 0. The second-order valence-corrected chi connectivity index (χ2v) is 5.70. The molecule has 7 nitrogen and oxygen atoms in total. The van der Waals surface area contributed by atoms with Crippen LogP contribution in [0, 0.1) is 0 Å². The summed E-state index contributed by atoms with van der Waals surface area (Å²) in [5.41, 5.74) is 0. The normalized spacial score (nSPS) is 12.9. The summed E-state index contributed by atoms with van der Waals surface area (Å²) in [7, 11) is -9.04. The van der Waals surface area contributed by atoms with E-state index in [1.807, 2.05) is 0 Å². The lowest BCUT2D eigenvalue weighted by molar-refractivity contribution is 0.386. The van der Waals surface area contributed by atoms with Crippen molar-refractivity contribution in [3.8, 4) is 0 Å². The Balaban J connectivity index is 3.29. The summed E-state index contributed by atoms with van der Waals surface area (Å²) in [6.45, 7) is 0. The van der Waals surface area contributed by atoms with E-state index in [0.717, 1.165) is 18.5 Å². The highest BCUT2D eigenvalue weighted by atomic mass is 31.2. The van der Waals surface area contributed by atoms with Gasteiger partial charge in [0.05, 0.1) is 10.6 Å². The molecule has 1 aromatic heterocycles. The molecule has 78 valence electrons. The molecule has 0 bridgehead atoms. The zero-order chi connectivity index (χ0) is 11.0. The van der Waals surface area contributed by atoms with Crippen LogP contribution in [-0.2, 0) is 9.13 Å². The van der Waals surface area contributed by atoms with Gasteiger partial charge in [-0.2, -0.15) is 0 Å². The molecule has 0 aromatic carbocycles. The zero-order valence-electron chi connectivity index (χ0n) is 6.68. The van der Waals surface area contributed by atoms with E-state index in [1.54, 1.807) is 0 Å². The average molecular weight is 239 g/mol. The van der Waals surface area contributed by atoms with Crippen molar-refractivity contribution in [1.29, 1.82) is 0 Å². The van der Waals surface area contributed by atoms with Gasteiger partial charge in [0.15, 0.2) is 0 Å². The zero-order valence-corrected chi connectivity index (χ0v) is 8.47. The number of pyridine rings is 1. The quantitative estimate of drug-likeness (QED) is 0.471. The van der Waals surface area contributed by atoms with E-state index in [0.29, 0.717) is 0 Å². The van der Waals surface area contributed by atoms with E-state index in [-0.39, 0.29) is 0 Å². The van der Waals surface area contributed by atoms with E-state index in [4.69, 9.17) is 19.6 Å². The number of nitrogens with zero attached hydrogens (tertiary/aromatic N) is 1. The Morgan fingerprint density at radius 3 is 1.57 bits per heavy atom. The third-order valence-electron chi connectivity index (χ3n) is 1.38. The summed E-state index contributed by atoms with van der Waals surface area (Å²) in [5.74, 6) is 0. The summed E-state index contributed by atoms with van der Waals surface area (Å²) in [6.07, 6.45) is 1.72. The molecule has 0 atom stereocenters. The first-order chi connectivity index (χ1) is 6.21. The number of hydrogen-bond acceptors (Lipinski definition) is 3. The second-order valence-electron chi connectivity index (χ2n) is 2.49. The fourth-order valence-corrected chi connectivity index (χ4v) is 1.89. The van der Waals surface area contributed by atoms with Crippen molar-refractivity contribution in [2.24, 2.45) is 0 Å². The first-order valence-corrected chi connectivity index (χ1v) is 6.51. The molecule has 0 fully saturated rings. The van der Waals surface area contributed by atoms with Gasteiger partial charge in [-0.15, -0.1) is 0 Å². The highest BCUT2D eigenvalue weighted by Crippen LogP contribution is 2.36. The van der Waals surface area contributed by atoms with Crippen molar-refractivity contribution in [3.63, 3.8) is 0 Å². The molecule has 0 radical (unpaired) electrons. The van der Waals surface area contributed by atoms with Crippen LogP contribution in [0.4, 0.5) is 0 Å². The second kappa shape index (κ2) is 3.55. The molecule has 0 aliphatic rings. The molecule has 1 rings (SSSR count). The van der Waals surface area contributed by atoms with Gasteiger partial charge in [0.2, 0.25) is 0 Å². The monoisotopic (exact) mass is 239 g/mol. The highest BCUT2D eigenvalue weighted by molar-refractivity contribution is 7.61. The Kier molecular flexibility index (Phi) is 2.92. The molecule has 0 unspecified atom stereocenters. The first-order valence-electron chi connectivity index (χ1n) is 3.28. The summed E-state index contributed by atoms with van der Waals surface area (Å²) < 4.78 is 21.4. The predicted octanol–water partition coefficient (Wildman–Crippen LogP) is -1.31. The van der Waals surface area contributed by atoms with Gasteiger partial charge in [0.1, 0.15) is 0 Å². The van der Waals surface area contributed by atoms with Crippen molar-refractivity contribution >= 4 is 25.8 Å². The smallest absolute Gasteiger partial charge is 0.321 e. The van der Waals surface area contributed by atoms with Gasteiger partial charge in [-0.05, 0) is 6.07 Å². The van der Waals surface area contributed by atoms with Crippen LogP contribution in [0.2, 0.25) is 0 Å². The van der Waals surface area contributed by atoms with E-state index >= 15 is 0 Å². The summed E-state index contributed by atoms with van der Waals surface area (Å²) >= 11 is 0. The minimum absolute atomic E-state index is 0.515. The van der Waals surface area contributed by atoms with E-state index in [9.17, 15) is 9.13 Å². The molecule has 9 heteroatoms. The van der Waals surface area contributed by atoms with Crippen LogP contribution in [0.15, 0.2) is 18.5 Å². The van der Waals surface area contributed by atoms with Gasteiger partial charge in [-0.25, -0.2) is 0 Å². The molecule has 0 saturated carbocycles. The van der Waals surface area contributed by atoms with Crippen LogP contribution < -0.4 is 10.6 Å². The van der Waals surface area contributed by atoms with E-state index < -0.39 is 25.8 Å². The third kappa shape index (κ3) is 2.72. The van der Waals surface area contributed by atoms with Gasteiger partial charge in [-0.1, -0.05) is 0 Å². The molecule has 1 heterocycles. The highest BCUT2D eigenvalue weighted by Gasteiger charge is 2.23. The molecule has 14 heavy (non-hydrogen) atoms. The molecular weight excluding hydrogens is 232 g/mol. The van der Waals surface area contributed by atoms with Crippen molar-refractivity contribution in [1.82, 2.24) is 4.98 Å². The lowest BCUT2D eigenvalue weighted by Crippen LogP contribution is -2.14. The van der Waals surface area contributed by atoms with Gasteiger partial charge >= 0.3 is 15.2 Å². The Morgan fingerprint density at radius 2 is 1.29 bits per heavy atom. The van der Waals surface area contributed by atoms with Gasteiger partial charge in [0.25, 0.3) is 0 Å². The summed E-state index contributed by atoms with van der Waals surface area (Å²) in [6, 6.07) is 0.745. The largest absolute Gasteiger partial charge is 0.357 e. The van der Waals surface area contributed by atoms with Crippen molar-refractivity contribution in [2.75, 3.05) is 0 Å². The Hall–Kier alpha value is -0.550. The lowest BCUT2D eigenvalue weighted by Gasteiger charge is -2.06. The molecule has 0 saturated heterocycles. The Labute approximate surface area is 78.8 Å². The van der Waals surface area contributed by atoms with Crippen LogP contribution >= 0.6 is 15.2 Å². The van der Waals surface area contributed by atoms with Crippen molar-refractivity contribution in [2.45, 2.75) is 0 Å². The fourth-order valence-electron chi connectivity index (χ4n) is 0.735. The topological polar surface area (TPSA) is 128 Å². The molecule has 0 aliphatic heterocycles. The maximum Gasteiger partial charge on any atom is 0.357 e. The molecule has 0 aliphatic carbocycles. The average Bonchev–Trinajstić information content (AvgIpc) is 2.01. The SMILES string of the molecule is O=P(O)(O)c1cncc(P(=O)(O)O)c1. The maximum atomic E-state index is 10.7. The molecule has 4 N–H and O–H groups in total. The first kappa shape index (κ1) is 11.5. The van der Waals surface area contributed by atoms with Crippen molar-refractivity contribution in [3.05, 3.63) is 18.5 Å². The Bertz CT molecular complexity index is 396. The molecular formula is C5H7NO6P2. The van der Waals surface area contributed by atoms with Gasteiger partial charge in [0, 0.05) is 12.4 Å². The number of hydrogen-bond donors (Lipinski definition) is 4. The minimum atomic E-state index is -4.52. The molecule has 0 spiro atoms. The van der Waals surface area contributed by atoms with Crippen LogP contribution in [0.3, 0.4) is 0 Å². The van der Waals surface area contributed by atoms with Crippen LogP contribution in [-0.4, -0.2) is 24.6 Å². The van der Waals surface area contributed by atoms with E-state index in [1.165, 1.54) is 0 Å². The lowest BCUT2D eigenvalue weighted by atomic mass is 10.5. The maximum absolute atomic E-state index is 10.7. The molecule has 0 amide bonds. The van der Waals surface area contributed by atoms with Crippen molar-refractivity contribution < 1.29 is 28.7 Å². The minimum Gasteiger partial charge on any atom is -0.321 e. The third-order valence-corrected chi connectivity index (χ3v) is 3.22. The standard InChI is InChI=1S/C5H7NO6P2/c7-13(8,9)4-1-5(3-6-2-4)14(10,11)12/h1-3H,(H2,7,8,9)(H2,10,11,12). The van der Waals surface area contributed by atoms with Crippen LogP contribution in [0.5, 0.6) is 0 Å². The summed E-state index contributed by atoms with van der Waals surface area (Å²) in [4.78, 5) is 38.1. The number of aromatic nitrogens is 1. The van der Waals surface area contributed by atoms with Crippen LogP contribution in [0.1, 0.15) is 0 Å². The Morgan fingerprint density at radius 1 is 0.929 bits per heavy atom. The predicted molar refractivity (Wildman–Crippen MR) is 47.6 cm³/mol. The number of rotatable bonds is 2.